The number of carbonyl (C=O) groups excluding carboxylic acids is 1. The Morgan fingerprint density at radius 2 is 1.33 bits per heavy atom. The lowest BCUT2D eigenvalue weighted by molar-refractivity contribution is -0.135. The van der Waals surface area contributed by atoms with Crippen LogP contribution in [-0.4, -0.2) is 105 Å². The molecule has 0 radical (unpaired) electrons. The number of aromatic amines is 2. The molecule has 2 aromatic heterocycles. The Balaban J connectivity index is 1.37. The SMILES string of the molecule is Cc1cn([C@@H]2O[C@H]([C@H]3SCC(=O)N3C[C@H]3O[C@@H](n4cc(C)c(=O)[nH]c4=O)[C@H](O)[C@@H]3O)[C@@H](O)[C@H]2O)c(=O)[nH]c1=O. The molecule has 1 amide bonds. The van der Waals surface area contributed by atoms with Gasteiger partial charge in [0, 0.05) is 23.5 Å². The third-order valence-electron chi connectivity index (χ3n) is 7.12. The number of nitrogens with one attached hydrogen (secondary N) is 2. The van der Waals surface area contributed by atoms with Gasteiger partial charge >= 0.3 is 11.4 Å². The van der Waals surface area contributed by atoms with E-state index in [-0.39, 0.29) is 23.4 Å². The third kappa shape index (κ3) is 4.69. The van der Waals surface area contributed by atoms with Gasteiger partial charge in [0.25, 0.3) is 11.1 Å². The number of thioether (sulfide) groups is 1. The van der Waals surface area contributed by atoms with Crippen LogP contribution in [-0.2, 0) is 14.3 Å². The van der Waals surface area contributed by atoms with Crippen molar-refractivity contribution in [2.75, 3.05) is 12.3 Å². The van der Waals surface area contributed by atoms with Gasteiger partial charge in [0.1, 0.15) is 42.0 Å². The minimum Gasteiger partial charge on any atom is -0.387 e. The summed E-state index contributed by atoms with van der Waals surface area (Å²) in [6, 6.07) is 0. The molecule has 0 saturated carbocycles. The number of rotatable bonds is 5. The summed E-state index contributed by atoms with van der Waals surface area (Å²) >= 11 is 1.10. The fourth-order valence-corrected chi connectivity index (χ4v) is 6.23. The molecule has 3 aliphatic heterocycles. The number of aromatic nitrogens is 4. The van der Waals surface area contributed by atoms with Gasteiger partial charge in [-0.3, -0.25) is 33.5 Å². The van der Waals surface area contributed by atoms with Crippen LogP contribution in [0.25, 0.3) is 0 Å². The molecule has 0 spiro atoms. The summed E-state index contributed by atoms with van der Waals surface area (Å²) in [7, 11) is 0. The van der Waals surface area contributed by atoms with E-state index < -0.39 is 82.9 Å². The van der Waals surface area contributed by atoms with E-state index in [9.17, 15) is 44.4 Å². The van der Waals surface area contributed by atoms with Crippen molar-refractivity contribution in [2.45, 2.75) is 68.3 Å². The van der Waals surface area contributed by atoms with E-state index in [4.69, 9.17) is 9.47 Å². The van der Waals surface area contributed by atoms with E-state index in [1.807, 2.05) is 0 Å². The average molecular weight is 570 g/mol. The smallest absolute Gasteiger partial charge is 0.330 e. The summed E-state index contributed by atoms with van der Waals surface area (Å²) in [6.07, 6.45) is -8.88. The fourth-order valence-electron chi connectivity index (χ4n) is 4.95. The Bertz CT molecular complexity index is 1520. The molecule has 16 nitrogen and oxygen atoms in total. The van der Waals surface area contributed by atoms with E-state index in [1.54, 1.807) is 0 Å². The summed E-state index contributed by atoms with van der Waals surface area (Å²) in [5, 5.41) is 41.9. The van der Waals surface area contributed by atoms with Gasteiger partial charge in [-0.05, 0) is 13.8 Å². The number of aryl methyl sites for hydroxylation is 2. The lowest BCUT2D eigenvalue weighted by atomic mass is 10.1. The van der Waals surface area contributed by atoms with Gasteiger partial charge in [-0.2, -0.15) is 0 Å². The zero-order valence-electron chi connectivity index (χ0n) is 20.7. The first-order chi connectivity index (χ1) is 18.4. The summed E-state index contributed by atoms with van der Waals surface area (Å²) in [5.41, 5.74) is -2.59. The zero-order chi connectivity index (χ0) is 28.3. The number of hydrogen-bond acceptors (Lipinski definition) is 12. The second-order valence-corrected chi connectivity index (χ2v) is 10.8. The number of aliphatic hydroxyl groups excluding tert-OH is 4. The van der Waals surface area contributed by atoms with Crippen LogP contribution in [0.2, 0.25) is 0 Å². The lowest BCUT2D eigenvalue weighted by Crippen LogP contribution is -2.50. The van der Waals surface area contributed by atoms with Crippen LogP contribution < -0.4 is 22.5 Å². The van der Waals surface area contributed by atoms with E-state index in [2.05, 4.69) is 9.97 Å². The highest BCUT2D eigenvalue weighted by molar-refractivity contribution is 8.01. The molecule has 2 aromatic rings. The van der Waals surface area contributed by atoms with Crippen LogP contribution in [0.4, 0.5) is 0 Å². The Morgan fingerprint density at radius 3 is 1.90 bits per heavy atom. The van der Waals surface area contributed by atoms with Gasteiger partial charge in [0.05, 0.1) is 12.3 Å². The lowest BCUT2D eigenvalue weighted by Gasteiger charge is -2.32. The zero-order valence-corrected chi connectivity index (χ0v) is 21.5. The van der Waals surface area contributed by atoms with E-state index >= 15 is 0 Å². The number of hydrogen-bond donors (Lipinski definition) is 6. The monoisotopic (exact) mass is 569 g/mol. The van der Waals surface area contributed by atoms with Crippen LogP contribution in [0.3, 0.4) is 0 Å². The molecule has 3 saturated heterocycles. The number of nitrogens with zero attached hydrogens (tertiary/aromatic N) is 3. The largest absolute Gasteiger partial charge is 0.387 e. The Hall–Kier alpha value is -3.06. The predicted molar refractivity (Wildman–Crippen MR) is 132 cm³/mol. The van der Waals surface area contributed by atoms with Gasteiger partial charge < -0.3 is 34.8 Å². The molecular formula is C22H27N5O11S. The maximum atomic E-state index is 12.8. The highest BCUT2D eigenvalue weighted by Crippen LogP contribution is 2.40. The van der Waals surface area contributed by atoms with Crippen molar-refractivity contribution >= 4 is 17.7 Å². The topological polar surface area (TPSA) is 229 Å². The molecule has 0 unspecified atom stereocenters. The maximum Gasteiger partial charge on any atom is 0.330 e. The second kappa shape index (κ2) is 10.2. The van der Waals surface area contributed by atoms with E-state index in [0.717, 1.165) is 20.9 Å². The molecule has 39 heavy (non-hydrogen) atoms. The van der Waals surface area contributed by atoms with Crippen molar-refractivity contribution < 1.29 is 34.7 Å². The van der Waals surface area contributed by atoms with Crippen molar-refractivity contribution in [3.05, 3.63) is 65.2 Å². The molecule has 0 aliphatic carbocycles. The summed E-state index contributed by atoms with van der Waals surface area (Å²) < 4.78 is 13.5. The Labute approximate surface area is 222 Å². The second-order valence-electron chi connectivity index (χ2n) is 9.72. The Kier molecular flexibility index (Phi) is 7.17. The highest BCUT2D eigenvalue weighted by Gasteiger charge is 2.53. The number of ether oxygens (including phenoxy) is 2. The third-order valence-corrected chi connectivity index (χ3v) is 8.39. The van der Waals surface area contributed by atoms with Crippen LogP contribution >= 0.6 is 11.8 Å². The first kappa shape index (κ1) is 27.5. The first-order valence-electron chi connectivity index (χ1n) is 12.0. The normalized spacial score (nSPS) is 34.8. The van der Waals surface area contributed by atoms with Gasteiger partial charge in [-0.25, -0.2) is 9.59 Å². The maximum absolute atomic E-state index is 12.8. The number of amides is 1. The van der Waals surface area contributed by atoms with E-state index in [0.29, 0.717) is 0 Å². The van der Waals surface area contributed by atoms with Gasteiger partial charge in [-0.15, -0.1) is 11.8 Å². The molecule has 5 rings (SSSR count). The first-order valence-corrected chi connectivity index (χ1v) is 13.0. The van der Waals surface area contributed by atoms with Crippen LogP contribution in [0.5, 0.6) is 0 Å². The minimum absolute atomic E-state index is 0.0247. The predicted octanol–water partition coefficient (Wildman–Crippen LogP) is -4.16. The summed E-state index contributed by atoms with van der Waals surface area (Å²) in [5.74, 6) is -0.426. The van der Waals surface area contributed by atoms with Crippen molar-refractivity contribution in [1.29, 1.82) is 0 Å². The molecule has 9 atom stereocenters. The van der Waals surface area contributed by atoms with Crippen LogP contribution in [0.15, 0.2) is 31.6 Å². The molecule has 3 fully saturated rings. The average Bonchev–Trinajstić information content (AvgIpc) is 3.48. The molecule has 3 aliphatic rings. The number of carbonyl (C=O) groups is 1. The van der Waals surface area contributed by atoms with Gasteiger partial charge in [0.15, 0.2) is 12.5 Å². The quantitative estimate of drug-likeness (QED) is 0.202. The molecule has 212 valence electrons. The Morgan fingerprint density at radius 1 is 0.821 bits per heavy atom. The standard InChI is InChI=1S/C22H27N5O11S/c1-7-3-26(21(35)23-16(7)33)18-13(31)11(29)9(37-18)5-25-10(28)6-39-20(25)15-12(30)14(32)19(38-15)27-4-8(2)17(34)24-22(27)36/h3-4,9,11-15,18-20,29-32H,5-6H2,1-2H3,(H,23,33,35)(H,24,34,36)/t9-,11-,12+,13-,14-,15+,18-,19-,20-/m1/s1. The van der Waals surface area contributed by atoms with Gasteiger partial charge in [-0.1, -0.05) is 0 Å². The fraction of sp³-hybridized carbons (Fsp3) is 0.591. The molecule has 17 heteroatoms. The van der Waals surface area contributed by atoms with Crippen LogP contribution in [0, 0.1) is 13.8 Å². The highest BCUT2D eigenvalue weighted by atomic mass is 32.2. The van der Waals surface area contributed by atoms with Crippen molar-refractivity contribution in [2.24, 2.45) is 0 Å². The number of aliphatic hydroxyl groups is 4. The summed E-state index contributed by atoms with van der Waals surface area (Å²) in [6.45, 7) is 2.63. The molecular weight excluding hydrogens is 542 g/mol. The van der Waals surface area contributed by atoms with E-state index in [1.165, 1.54) is 31.1 Å². The minimum atomic E-state index is -1.58. The molecule has 6 N–H and O–H groups in total. The molecule has 5 heterocycles. The molecule has 0 bridgehead atoms. The molecule has 0 aromatic carbocycles. The number of H-pyrrole nitrogens is 2. The van der Waals surface area contributed by atoms with Crippen molar-refractivity contribution in [1.82, 2.24) is 24.0 Å². The van der Waals surface area contributed by atoms with Crippen molar-refractivity contribution in [3.8, 4) is 0 Å². The van der Waals surface area contributed by atoms with Crippen molar-refractivity contribution in [3.63, 3.8) is 0 Å². The van der Waals surface area contributed by atoms with Gasteiger partial charge in [0.2, 0.25) is 5.91 Å². The summed E-state index contributed by atoms with van der Waals surface area (Å²) in [4.78, 5) is 66.3. The van der Waals surface area contributed by atoms with Crippen LogP contribution in [0.1, 0.15) is 23.6 Å².